The molecule has 1 amide bonds. The third-order valence-electron chi connectivity index (χ3n) is 6.44. The fraction of sp³-hybridized carbons (Fsp3) is 0.280. The van der Waals surface area contributed by atoms with Gasteiger partial charge in [-0.15, -0.1) is 0 Å². The molecular weight excluding hydrogens is 548 g/mol. The second-order valence-electron chi connectivity index (χ2n) is 8.98. The Balaban J connectivity index is 1.67. The molecule has 38 heavy (non-hydrogen) atoms. The first-order valence-corrected chi connectivity index (χ1v) is 13.4. The molecule has 0 saturated carbocycles. The number of likely N-dealkylation sites (tertiary alicyclic amines) is 1. The molecule has 7 nitrogen and oxygen atoms in total. The van der Waals surface area contributed by atoms with Crippen LogP contribution < -0.4 is 10.5 Å². The minimum atomic E-state index is -4.63. The summed E-state index contributed by atoms with van der Waals surface area (Å²) < 4.78 is 77.3. The second kappa shape index (κ2) is 10.5. The van der Waals surface area contributed by atoms with Crippen LogP contribution in [0, 0.1) is 12.7 Å². The predicted molar refractivity (Wildman–Crippen MR) is 134 cm³/mol. The monoisotopic (exact) mass is 570 g/mol. The van der Waals surface area contributed by atoms with Crippen LogP contribution in [0.15, 0.2) is 53.7 Å². The van der Waals surface area contributed by atoms with Gasteiger partial charge >= 0.3 is 6.18 Å². The molecule has 3 N–H and O–H groups in total. The summed E-state index contributed by atoms with van der Waals surface area (Å²) in [5.74, 6) is -0.772. The van der Waals surface area contributed by atoms with Crippen LogP contribution in [0.1, 0.15) is 45.8 Å². The van der Waals surface area contributed by atoms with Crippen LogP contribution in [0.2, 0.25) is 5.02 Å². The smallest absolute Gasteiger partial charge is 0.353 e. The molecule has 3 aromatic rings. The number of alkyl halides is 3. The number of benzene rings is 2. The SMILES string of the molecule is Cc1ccc(C(F)(F)F)cc1Nc1c(C(=O)N2CCC(c3ccc(F)cc3)CC2)cnc(S(N)(=O)=O)c1Cl. The molecule has 1 fully saturated rings. The topological polar surface area (TPSA) is 105 Å². The van der Waals surface area contributed by atoms with Crippen molar-refractivity contribution in [2.75, 3.05) is 18.4 Å². The molecule has 1 aromatic heterocycles. The average Bonchev–Trinajstić information content (AvgIpc) is 2.85. The summed E-state index contributed by atoms with van der Waals surface area (Å²) in [5, 5.41) is 6.69. The van der Waals surface area contributed by atoms with Gasteiger partial charge in [0.25, 0.3) is 15.9 Å². The Morgan fingerprint density at radius 3 is 2.34 bits per heavy atom. The zero-order valence-corrected chi connectivity index (χ0v) is 21.6. The van der Waals surface area contributed by atoms with Gasteiger partial charge in [-0.1, -0.05) is 29.8 Å². The van der Waals surface area contributed by atoms with Crippen molar-refractivity contribution in [2.24, 2.45) is 5.14 Å². The van der Waals surface area contributed by atoms with E-state index in [9.17, 15) is 30.8 Å². The van der Waals surface area contributed by atoms with Crippen LogP contribution >= 0.6 is 11.6 Å². The van der Waals surface area contributed by atoms with Crippen LogP contribution in [0.4, 0.5) is 28.9 Å². The summed E-state index contributed by atoms with van der Waals surface area (Å²) in [6.45, 7) is 2.20. The number of anilines is 2. The van der Waals surface area contributed by atoms with Crippen LogP contribution in [-0.4, -0.2) is 37.3 Å². The maximum Gasteiger partial charge on any atom is 0.416 e. The van der Waals surface area contributed by atoms with Crippen molar-refractivity contribution in [3.63, 3.8) is 0 Å². The van der Waals surface area contributed by atoms with Crippen LogP contribution in [0.3, 0.4) is 0 Å². The number of piperidine rings is 1. The number of amides is 1. The van der Waals surface area contributed by atoms with Gasteiger partial charge in [0.05, 0.1) is 16.8 Å². The van der Waals surface area contributed by atoms with E-state index in [1.54, 1.807) is 19.1 Å². The molecule has 0 aliphatic carbocycles. The number of nitrogens with one attached hydrogen (secondary N) is 1. The molecule has 13 heteroatoms. The number of pyridine rings is 1. The average molecular weight is 571 g/mol. The van der Waals surface area contributed by atoms with E-state index in [1.807, 2.05) is 0 Å². The fourth-order valence-corrected chi connectivity index (χ4v) is 5.41. The standard InChI is InChI=1S/C25H23ClF4N4O3S/c1-14-2-5-17(25(28,29)30)12-20(14)33-22-19(13-32-23(21(22)26)38(31,36)37)24(35)34-10-8-16(9-11-34)15-3-6-18(27)7-4-15/h2-7,12-13,16H,8-11H2,1H3,(H,32,33)(H2,31,36,37). The summed E-state index contributed by atoms with van der Waals surface area (Å²) >= 11 is 6.32. The van der Waals surface area contributed by atoms with E-state index in [0.717, 1.165) is 23.9 Å². The van der Waals surface area contributed by atoms with Crippen molar-refractivity contribution in [1.82, 2.24) is 9.88 Å². The first kappa shape index (κ1) is 27.8. The minimum Gasteiger partial charge on any atom is -0.353 e. The second-order valence-corrected chi connectivity index (χ2v) is 10.8. The van der Waals surface area contributed by atoms with E-state index >= 15 is 0 Å². The van der Waals surface area contributed by atoms with Gasteiger partial charge in [0.2, 0.25) is 0 Å². The lowest BCUT2D eigenvalue weighted by Gasteiger charge is -2.33. The Morgan fingerprint density at radius 1 is 1.13 bits per heavy atom. The van der Waals surface area contributed by atoms with E-state index < -0.39 is 37.7 Å². The van der Waals surface area contributed by atoms with Crippen molar-refractivity contribution in [3.05, 3.63) is 81.8 Å². The number of aryl methyl sites for hydroxylation is 1. The van der Waals surface area contributed by atoms with Gasteiger partial charge in [0.1, 0.15) is 10.8 Å². The van der Waals surface area contributed by atoms with Gasteiger partial charge in [0, 0.05) is 25.0 Å². The molecule has 1 aliphatic heterocycles. The van der Waals surface area contributed by atoms with E-state index in [1.165, 1.54) is 23.1 Å². The maximum absolute atomic E-state index is 13.5. The molecule has 0 spiro atoms. The van der Waals surface area contributed by atoms with Crippen LogP contribution in [0.25, 0.3) is 0 Å². The maximum atomic E-state index is 13.5. The fourth-order valence-electron chi connectivity index (χ4n) is 4.34. The molecule has 0 bridgehead atoms. The number of nitrogens with zero attached hydrogens (tertiary/aromatic N) is 2. The molecule has 0 radical (unpaired) electrons. The Morgan fingerprint density at radius 2 is 1.76 bits per heavy atom. The highest BCUT2D eigenvalue weighted by molar-refractivity contribution is 7.89. The number of aromatic nitrogens is 1. The summed E-state index contributed by atoms with van der Waals surface area (Å²) in [6.07, 6.45) is -2.47. The lowest BCUT2D eigenvalue weighted by molar-refractivity contribution is -0.137. The van der Waals surface area contributed by atoms with Gasteiger partial charge < -0.3 is 10.2 Å². The van der Waals surface area contributed by atoms with Crippen molar-refractivity contribution >= 4 is 38.9 Å². The van der Waals surface area contributed by atoms with Crippen LogP contribution in [0.5, 0.6) is 0 Å². The molecule has 4 rings (SSSR count). The van der Waals surface area contributed by atoms with Crippen LogP contribution in [-0.2, 0) is 16.2 Å². The summed E-state index contributed by atoms with van der Waals surface area (Å²) in [6, 6.07) is 9.14. The molecule has 202 valence electrons. The highest BCUT2D eigenvalue weighted by Gasteiger charge is 2.32. The number of hydrogen-bond acceptors (Lipinski definition) is 5. The Bertz CT molecular complexity index is 1470. The lowest BCUT2D eigenvalue weighted by Crippen LogP contribution is -2.38. The van der Waals surface area contributed by atoms with Gasteiger partial charge in [-0.05, 0) is 61.1 Å². The normalized spacial score (nSPS) is 15.0. The number of halogens is 5. The number of hydrogen-bond donors (Lipinski definition) is 2. The first-order chi connectivity index (χ1) is 17.8. The van der Waals surface area contributed by atoms with Crippen molar-refractivity contribution in [1.29, 1.82) is 0 Å². The zero-order valence-electron chi connectivity index (χ0n) is 20.0. The number of primary sulfonamides is 1. The molecule has 2 aromatic carbocycles. The Labute approximate surface area is 221 Å². The molecular formula is C25H23ClF4N4O3S. The summed E-state index contributed by atoms with van der Waals surface area (Å²) in [4.78, 5) is 18.8. The molecule has 0 unspecified atom stereocenters. The minimum absolute atomic E-state index is 0.0302. The van der Waals surface area contributed by atoms with E-state index in [2.05, 4.69) is 10.3 Å². The quantitative estimate of drug-likeness (QED) is 0.388. The molecule has 1 aliphatic rings. The number of rotatable bonds is 5. The number of carbonyl (C=O) groups excluding carboxylic acids is 1. The highest BCUT2D eigenvalue weighted by Crippen LogP contribution is 2.38. The third-order valence-corrected chi connectivity index (χ3v) is 7.76. The van der Waals surface area contributed by atoms with Gasteiger partial charge in [-0.25, -0.2) is 22.9 Å². The van der Waals surface area contributed by atoms with Gasteiger partial charge in [-0.3, -0.25) is 4.79 Å². The van der Waals surface area contributed by atoms with E-state index in [0.29, 0.717) is 31.5 Å². The van der Waals surface area contributed by atoms with Gasteiger partial charge in [-0.2, -0.15) is 13.2 Å². The zero-order chi connectivity index (χ0) is 27.8. The summed E-state index contributed by atoms with van der Waals surface area (Å²) in [5.41, 5.74) is 0.0124. The third kappa shape index (κ3) is 5.92. The predicted octanol–water partition coefficient (Wildman–Crippen LogP) is 5.61. The van der Waals surface area contributed by atoms with Crippen molar-refractivity contribution in [2.45, 2.75) is 36.9 Å². The van der Waals surface area contributed by atoms with E-state index in [4.69, 9.17) is 16.7 Å². The lowest BCUT2D eigenvalue weighted by atomic mass is 9.89. The highest BCUT2D eigenvalue weighted by atomic mass is 35.5. The number of nitrogens with two attached hydrogens (primary N) is 1. The van der Waals surface area contributed by atoms with Gasteiger partial charge in [0.15, 0.2) is 5.03 Å². The first-order valence-electron chi connectivity index (χ1n) is 11.5. The summed E-state index contributed by atoms with van der Waals surface area (Å²) in [7, 11) is -4.41. The van der Waals surface area contributed by atoms with Crippen molar-refractivity contribution < 1.29 is 30.8 Å². The Kier molecular flexibility index (Phi) is 7.69. The largest absolute Gasteiger partial charge is 0.416 e. The molecule has 2 heterocycles. The number of carbonyl (C=O) groups is 1. The van der Waals surface area contributed by atoms with E-state index in [-0.39, 0.29) is 28.7 Å². The molecule has 0 atom stereocenters. The van der Waals surface area contributed by atoms with Crippen molar-refractivity contribution in [3.8, 4) is 0 Å². The number of sulfonamides is 1. The Hall–Kier alpha value is -3.22. The molecule has 1 saturated heterocycles.